The molecule has 4 nitrogen and oxygen atoms in total. The van der Waals surface area contributed by atoms with E-state index >= 15 is 0 Å². The molecule has 0 heterocycles. The summed E-state index contributed by atoms with van der Waals surface area (Å²) in [6.45, 7) is 1.90. The third-order valence-electron chi connectivity index (χ3n) is 3.07. The first-order chi connectivity index (χ1) is 10.6. The first kappa shape index (κ1) is 15.7. The summed E-state index contributed by atoms with van der Waals surface area (Å²) in [5.41, 5.74) is 0.812. The van der Waals surface area contributed by atoms with Crippen LogP contribution in [0, 0.1) is 5.82 Å². The van der Waals surface area contributed by atoms with E-state index in [2.05, 4.69) is 0 Å². The van der Waals surface area contributed by atoms with Crippen molar-refractivity contribution < 1.29 is 18.7 Å². The van der Waals surface area contributed by atoms with Crippen molar-refractivity contribution in [3.63, 3.8) is 0 Å². The topological polar surface area (TPSA) is 46.6 Å². The number of halogens is 1. The van der Waals surface area contributed by atoms with Gasteiger partial charge in [-0.1, -0.05) is 24.3 Å². The summed E-state index contributed by atoms with van der Waals surface area (Å²) in [6, 6.07) is 14.3. The van der Waals surface area contributed by atoms with E-state index in [-0.39, 0.29) is 11.5 Å². The fourth-order valence-corrected chi connectivity index (χ4v) is 2.01. The van der Waals surface area contributed by atoms with E-state index in [1.54, 1.807) is 12.1 Å². The van der Waals surface area contributed by atoms with E-state index < -0.39 is 18.4 Å². The van der Waals surface area contributed by atoms with Gasteiger partial charge in [0.1, 0.15) is 5.82 Å². The number of benzene rings is 2. The van der Waals surface area contributed by atoms with Crippen LogP contribution in [-0.2, 0) is 9.53 Å². The maximum Gasteiger partial charge on any atom is 0.338 e. The lowest BCUT2D eigenvalue weighted by atomic mass is 10.2. The van der Waals surface area contributed by atoms with Crippen LogP contribution in [0.4, 0.5) is 10.1 Å². The number of carbonyl (C=O) groups is 2. The Hall–Kier alpha value is -2.69. The van der Waals surface area contributed by atoms with Gasteiger partial charge >= 0.3 is 5.97 Å². The van der Waals surface area contributed by atoms with Crippen molar-refractivity contribution in [3.8, 4) is 0 Å². The monoisotopic (exact) mass is 301 g/mol. The molecule has 2 aromatic carbocycles. The molecule has 0 aliphatic rings. The molecule has 0 aliphatic carbocycles. The predicted molar refractivity (Wildman–Crippen MR) is 81.2 cm³/mol. The average molecular weight is 301 g/mol. The minimum Gasteiger partial charge on any atom is -0.452 e. The van der Waals surface area contributed by atoms with E-state index in [1.807, 2.05) is 25.1 Å². The number of amides is 1. The standard InChI is InChI=1S/C17H16FNO3/c1-2-19(15-9-4-3-5-10-15)16(20)12-22-17(21)13-7-6-8-14(18)11-13/h3-11H,2,12H2,1H3. The molecule has 0 fully saturated rings. The summed E-state index contributed by atoms with van der Waals surface area (Å²) in [4.78, 5) is 25.5. The van der Waals surface area contributed by atoms with Crippen molar-refractivity contribution in [1.29, 1.82) is 0 Å². The Morgan fingerprint density at radius 3 is 2.45 bits per heavy atom. The zero-order chi connectivity index (χ0) is 15.9. The van der Waals surface area contributed by atoms with Crippen molar-refractivity contribution in [2.75, 3.05) is 18.1 Å². The van der Waals surface area contributed by atoms with Crippen LogP contribution in [0.15, 0.2) is 54.6 Å². The highest BCUT2D eigenvalue weighted by Crippen LogP contribution is 2.13. The summed E-state index contributed by atoms with van der Waals surface area (Å²) in [5, 5.41) is 0. The molecule has 0 unspecified atom stereocenters. The van der Waals surface area contributed by atoms with Gasteiger partial charge in [-0.05, 0) is 37.3 Å². The van der Waals surface area contributed by atoms with Gasteiger partial charge in [0.15, 0.2) is 6.61 Å². The molecular weight excluding hydrogens is 285 g/mol. The van der Waals surface area contributed by atoms with E-state index in [4.69, 9.17) is 4.74 Å². The van der Waals surface area contributed by atoms with Crippen LogP contribution in [-0.4, -0.2) is 25.0 Å². The van der Waals surface area contributed by atoms with Gasteiger partial charge in [-0.15, -0.1) is 0 Å². The molecule has 0 aromatic heterocycles. The van der Waals surface area contributed by atoms with Crippen LogP contribution in [0.1, 0.15) is 17.3 Å². The molecular formula is C17H16FNO3. The Balaban J connectivity index is 1.98. The molecule has 0 atom stereocenters. The molecule has 0 N–H and O–H groups in total. The Morgan fingerprint density at radius 1 is 1.09 bits per heavy atom. The largest absolute Gasteiger partial charge is 0.452 e. The summed E-state index contributed by atoms with van der Waals surface area (Å²) in [5.74, 6) is -1.59. The van der Waals surface area contributed by atoms with Crippen molar-refractivity contribution in [2.24, 2.45) is 0 Å². The normalized spacial score (nSPS) is 10.1. The molecule has 0 spiro atoms. The highest BCUT2D eigenvalue weighted by atomic mass is 19.1. The summed E-state index contributed by atoms with van der Waals surface area (Å²) in [7, 11) is 0. The smallest absolute Gasteiger partial charge is 0.338 e. The zero-order valence-electron chi connectivity index (χ0n) is 12.2. The van der Waals surface area contributed by atoms with Gasteiger partial charge in [0.25, 0.3) is 5.91 Å². The molecule has 1 amide bonds. The van der Waals surface area contributed by atoms with Crippen LogP contribution >= 0.6 is 0 Å². The second-order valence-corrected chi connectivity index (χ2v) is 4.56. The van der Waals surface area contributed by atoms with Crippen molar-refractivity contribution in [3.05, 3.63) is 66.0 Å². The molecule has 5 heteroatoms. The molecule has 0 aliphatic heterocycles. The number of para-hydroxylation sites is 1. The number of anilines is 1. The number of hydrogen-bond acceptors (Lipinski definition) is 3. The predicted octanol–water partition coefficient (Wildman–Crippen LogP) is 3.04. The second-order valence-electron chi connectivity index (χ2n) is 4.56. The molecule has 114 valence electrons. The summed E-state index contributed by atoms with van der Waals surface area (Å²) >= 11 is 0. The maximum absolute atomic E-state index is 13.0. The number of hydrogen-bond donors (Lipinski definition) is 0. The SMILES string of the molecule is CCN(C(=O)COC(=O)c1cccc(F)c1)c1ccccc1. The average Bonchev–Trinajstić information content (AvgIpc) is 2.54. The number of ether oxygens (including phenoxy) is 1. The van der Waals surface area contributed by atoms with Gasteiger partial charge in [-0.2, -0.15) is 0 Å². The number of carbonyl (C=O) groups excluding carboxylic acids is 2. The number of rotatable bonds is 5. The fourth-order valence-electron chi connectivity index (χ4n) is 2.01. The van der Waals surface area contributed by atoms with Crippen molar-refractivity contribution in [2.45, 2.75) is 6.92 Å². The Labute approximate surface area is 128 Å². The number of likely N-dealkylation sites (N-methyl/N-ethyl adjacent to an activating group) is 1. The molecule has 0 saturated heterocycles. The molecule has 0 bridgehead atoms. The quantitative estimate of drug-likeness (QED) is 0.797. The Bertz CT molecular complexity index is 658. The van der Waals surface area contributed by atoms with Crippen LogP contribution in [0.5, 0.6) is 0 Å². The van der Waals surface area contributed by atoms with Crippen molar-refractivity contribution in [1.82, 2.24) is 0 Å². The molecule has 22 heavy (non-hydrogen) atoms. The minimum absolute atomic E-state index is 0.0792. The zero-order valence-corrected chi connectivity index (χ0v) is 12.2. The summed E-state index contributed by atoms with van der Waals surface area (Å²) < 4.78 is 18.0. The van der Waals surface area contributed by atoms with Crippen LogP contribution in [0.2, 0.25) is 0 Å². The van der Waals surface area contributed by atoms with E-state index in [1.165, 1.54) is 23.1 Å². The van der Waals surface area contributed by atoms with E-state index in [0.717, 1.165) is 11.8 Å². The highest BCUT2D eigenvalue weighted by Gasteiger charge is 2.16. The third-order valence-corrected chi connectivity index (χ3v) is 3.07. The van der Waals surface area contributed by atoms with Crippen molar-refractivity contribution >= 4 is 17.6 Å². The van der Waals surface area contributed by atoms with Crippen LogP contribution < -0.4 is 4.90 Å². The Morgan fingerprint density at radius 2 is 1.82 bits per heavy atom. The first-order valence-corrected chi connectivity index (χ1v) is 6.90. The maximum atomic E-state index is 13.0. The molecule has 0 saturated carbocycles. The fraction of sp³-hybridized carbons (Fsp3) is 0.176. The third kappa shape index (κ3) is 3.91. The van der Waals surface area contributed by atoms with Gasteiger partial charge in [0, 0.05) is 12.2 Å². The highest BCUT2D eigenvalue weighted by molar-refractivity contribution is 5.97. The van der Waals surface area contributed by atoms with Gasteiger partial charge in [-0.3, -0.25) is 4.79 Å². The first-order valence-electron chi connectivity index (χ1n) is 6.90. The lowest BCUT2D eigenvalue weighted by Crippen LogP contribution is -2.34. The number of nitrogens with zero attached hydrogens (tertiary/aromatic N) is 1. The lowest BCUT2D eigenvalue weighted by Gasteiger charge is -2.20. The molecule has 0 radical (unpaired) electrons. The summed E-state index contributed by atoms with van der Waals surface area (Å²) in [6.07, 6.45) is 0. The van der Waals surface area contributed by atoms with Crippen LogP contribution in [0.3, 0.4) is 0 Å². The molecule has 2 aromatic rings. The van der Waals surface area contributed by atoms with E-state index in [9.17, 15) is 14.0 Å². The van der Waals surface area contributed by atoms with Gasteiger partial charge in [0.2, 0.25) is 0 Å². The number of esters is 1. The Kier molecular flexibility index (Phi) is 5.25. The van der Waals surface area contributed by atoms with Crippen LogP contribution in [0.25, 0.3) is 0 Å². The lowest BCUT2D eigenvalue weighted by molar-refractivity contribution is -0.121. The molecule has 2 rings (SSSR count). The van der Waals surface area contributed by atoms with Gasteiger partial charge in [-0.25, -0.2) is 9.18 Å². The van der Waals surface area contributed by atoms with Gasteiger partial charge < -0.3 is 9.64 Å². The second kappa shape index (κ2) is 7.36. The van der Waals surface area contributed by atoms with E-state index in [0.29, 0.717) is 6.54 Å². The minimum atomic E-state index is -0.725. The van der Waals surface area contributed by atoms with Gasteiger partial charge in [0.05, 0.1) is 5.56 Å².